The van der Waals surface area contributed by atoms with Crippen molar-refractivity contribution in [2.45, 2.75) is 40.0 Å². The lowest BCUT2D eigenvalue weighted by Crippen LogP contribution is -2.43. The van der Waals surface area contributed by atoms with Crippen molar-refractivity contribution >= 4 is 17.5 Å². The van der Waals surface area contributed by atoms with E-state index in [2.05, 4.69) is 18.3 Å². The number of piperidine rings is 1. The number of nitrogens with one attached hydrogen (secondary N) is 1. The van der Waals surface area contributed by atoms with Crippen molar-refractivity contribution in [3.63, 3.8) is 0 Å². The molecule has 0 radical (unpaired) electrons. The highest BCUT2D eigenvalue weighted by atomic mass is 16.5. The van der Waals surface area contributed by atoms with Crippen LogP contribution in [0.25, 0.3) is 0 Å². The maximum atomic E-state index is 12.8. The molecule has 1 saturated heterocycles. The van der Waals surface area contributed by atoms with Crippen molar-refractivity contribution in [2.75, 3.05) is 25.0 Å². The number of likely N-dealkylation sites (tertiary alicyclic amines) is 1. The van der Waals surface area contributed by atoms with Crippen molar-refractivity contribution in [3.8, 4) is 5.75 Å². The van der Waals surface area contributed by atoms with E-state index in [-0.39, 0.29) is 24.3 Å². The molecule has 0 aromatic heterocycles. The summed E-state index contributed by atoms with van der Waals surface area (Å²) in [5.41, 5.74) is 4.32. The molecule has 154 valence electrons. The first-order valence-corrected chi connectivity index (χ1v) is 10.3. The van der Waals surface area contributed by atoms with Gasteiger partial charge in [0.15, 0.2) is 6.61 Å². The van der Waals surface area contributed by atoms with Crippen LogP contribution in [0.1, 0.15) is 36.5 Å². The second-order valence-corrected chi connectivity index (χ2v) is 7.71. The maximum Gasteiger partial charge on any atom is 0.260 e. The van der Waals surface area contributed by atoms with E-state index in [0.29, 0.717) is 31.7 Å². The maximum absolute atomic E-state index is 12.8. The Labute approximate surface area is 173 Å². The first kappa shape index (κ1) is 20.9. The zero-order chi connectivity index (χ0) is 20.8. The molecule has 2 aromatic carbocycles. The Morgan fingerprint density at radius 1 is 1.07 bits per heavy atom. The lowest BCUT2D eigenvalue weighted by molar-refractivity contribution is -0.136. The van der Waals surface area contributed by atoms with E-state index < -0.39 is 0 Å². The molecule has 1 aliphatic rings. The number of hydrogen-bond acceptors (Lipinski definition) is 3. The third-order valence-electron chi connectivity index (χ3n) is 5.59. The first-order valence-electron chi connectivity index (χ1n) is 10.3. The van der Waals surface area contributed by atoms with Crippen molar-refractivity contribution in [3.05, 3.63) is 59.2 Å². The van der Waals surface area contributed by atoms with E-state index >= 15 is 0 Å². The molecule has 5 heteroatoms. The summed E-state index contributed by atoms with van der Waals surface area (Å²) in [7, 11) is 0. The number of amides is 2. The van der Waals surface area contributed by atoms with Gasteiger partial charge in [-0.3, -0.25) is 9.59 Å². The predicted octanol–water partition coefficient (Wildman–Crippen LogP) is 4.12. The van der Waals surface area contributed by atoms with Gasteiger partial charge >= 0.3 is 0 Å². The topological polar surface area (TPSA) is 58.6 Å². The number of para-hydroxylation sites is 1. The smallest absolute Gasteiger partial charge is 0.260 e. The molecular formula is C24H30N2O3. The fraction of sp³-hybridized carbons (Fsp3) is 0.417. The normalized spacial score (nSPS) is 14.5. The number of nitrogens with zero attached hydrogens (tertiary/aromatic N) is 1. The molecule has 2 amide bonds. The molecule has 5 nitrogen and oxygen atoms in total. The van der Waals surface area contributed by atoms with E-state index in [0.717, 1.165) is 28.8 Å². The van der Waals surface area contributed by atoms with Gasteiger partial charge in [-0.05, 0) is 56.4 Å². The van der Waals surface area contributed by atoms with Crippen LogP contribution in [0.3, 0.4) is 0 Å². The standard InChI is InChI=1S/C24H30N2O3/c1-4-19-7-5-6-18(3)23(19)25-24(28)20-12-14-26(15-13-20)22(27)16-29-21-10-8-17(2)9-11-21/h5-11,20H,4,12-16H2,1-3H3,(H,25,28). The number of ether oxygens (including phenoxy) is 1. The van der Waals surface area contributed by atoms with Crippen LogP contribution in [0.4, 0.5) is 5.69 Å². The summed E-state index contributed by atoms with van der Waals surface area (Å²) in [5, 5.41) is 3.13. The number of benzene rings is 2. The van der Waals surface area contributed by atoms with Gasteiger partial charge in [-0.2, -0.15) is 0 Å². The third kappa shape index (κ3) is 5.37. The van der Waals surface area contributed by atoms with Crippen LogP contribution < -0.4 is 10.1 Å². The van der Waals surface area contributed by atoms with E-state index in [1.807, 2.05) is 50.2 Å². The monoisotopic (exact) mass is 394 g/mol. The molecule has 0 spiro atoms. The van der Waals surface area contributed by atoms with E-state index in [1.165, 1.54) is 0 Å². The minimum absolute atomic E-state index is 0.0307. The average molecular weight is 395 g/mol. The van der Waals surface area contributed by atoms with Gasteiger partial charge in [0.1, 0.15) is 5.75 Å². The largest absolute Gasteiger partial charge is 0.484 e. The molecule has 0 atom stereocenters. The third-order valence-corrected chi connectivity index (χ3v) is 5.59. The van der Waals surface area contributed by atoms with Crippen molar-refractivity contribution in [1.29, 1.82) is 0 Å². The highest BCUT2D eigenvalue weighted by Crippen LogP contribution is 2.24. The first-order chi connectivity index (χ1) is 14.0. The minimum Gasteiger partial charge on any atom is -0.484 e. The Morgan fingerprint density at radius 3 is 2.41 bits per heavy atom. The fourth-order valence-corrected chi connectivity index (χ4v) is 3.69. The van der Waals surface area contributed by atoms with Gasteiger partial charge in [0.05, 0.1) is 0 Å². The summed E-state index contributed by atoms with van der Waals surface area (Å²) in [6, 6.07) is 13.8. The second-order valence-electron chi connectivity index (χ2n) is 7.71. The van der Waals surface area contributed by atoms with Gasteiger partial charge in [0.25, 0.3) is 5.91 Å². The average Bonchev–Trinajstić information content (AvgIpc) is 2.74. The fourth-order valence-electron chi connectivity index (χ4n) is 3.69. The SMILES string of the molecule is CCc1cccc(C)c1NC(=O)C1CCN(C(=O)COc2ccc(C)cc2)CC1. The zero-order valence-electron chi connectivity index (χ0n) is 17.5. The molecule has 29 heavy (non-hydrogen) atoms. The Balaban J connectivity index is 1.49. The van der Waals surface area contributed by atoms with Crippen LogP contribution in [-0.4, -0.2) is 36.4 Å². The molecular weight excluding hydrogens is 364 g/mol. The van der Waals surface area contributed by atoms with Crippen molar-refractivity contribution < 1.29 is 14.3 Å². The van der Waals surface area contributed by atoms with Gasteiger partial charge < -0.3 is 15.0 Å². The summed E-state index contributed by atoms with van der Waals surface area (Å²) in [5.74, 6) is 0.651. The summed E-state index contributed by atoms with van der Waals surface area (Å²) in [6.07, 6.45) is 2.23. The Morgan fingerprint density at radius 2 is 1.76 bits per heavy atom. The van der Waals surface area contributed by atoms with E-state index in [4.69, 9.17) is 4.74 Å². The van der Waals surface area contributed by atoms with E-state index in [9.17, 15) is 9.59 Å². The van der Waals surface area contributed by atoms with Gasteiger partial charge in [-0.1, -0.05) is 42.8 Å². The Hall–Kier alpha value is -2.82. The summed E-state index contributed by atoms with van der Waals surface area (Å²) < 4.78 is 5.60. The lowest BCUT2D eigenvalue weighted by atomic mass is 9.95. The Bertz CT molecular complexity index is 853. The van der Waals surface area contributed by atoms with Crippen molar-refractivity contribution in [1.82, 2.24) is 4.90 Å². The van der Waals surface area contributed by atoms with Crippen molar-refractivity contribution in [2.24, 2.45) is 5.92 Å². The predicted molar refractivity (Wildman–Crippen MR) is 115 cm³/mol. The molecule has 0 bridgehead atoms. The van der Waals surface area contributed by atoms with Gasteiger partial charge in [-0.15, -0.1) is 0 Å². The Kier molecular flexibility index (Phi) is 6.91. The molecule has 1 N–H and O–H groups in total. The summed E-state index contributed by atoms with van der Waals surface area (Å²) >= 11 is 0. The van der Waals surface area contributed by atoms with Crippen LogP contribution >= 0.6 is 0 Å². The molecule has 0 saturated carbocycles. The number of hydrogen-bond donors (Lipinski definition) is 1. The number of aryl methyl sites for hydroxylation is 3. The van der Waals surface area contributed by atoms with Crippen LogP contribution in [0.2, 0.25) is 0 Å². The van der Waals surface area contributed by atoms with Crippen LogP contribution in [-0.2, 0) is 16.0 Å². The van der Waals surface area contributed by atoms with Crippen LogP contribution in [0, 0.1) is 19.8 Å². The quantitative estimate of drug-likeness (QED) is 0.802. The molecule has 2 aromatic rings. The zero-order valence-corrected chi connectivity index (χ0v) is 17.5. The highest BCUT2D eigenvalue weighted by Gasteiger charge is 2.28. The number of carbonyl (C=O) groups excluding carboxylic acids is 2. The molecule has 0 aliphatic carbocycles. The summed E-state index contributed by atoms with van der Waals surface area (Å²) in [6.45, 7) is 7.32. The highest BCUT2D eigenvalue weighted by molar-refractivity contribution is 5.94. The second kappa shape index (κ2) is 9.59. The van der Waals surface area contributed by atoms with E-state index in [1.54, 1.807) is 4.90 Å². The number of carbonyl (C=O) groups is 2. The molecule has 0 unspecified atom stereocenters. The number of anilines is 1. The minimum atomic E-state index is -0.0682. The molecule has 3 rings (SSSR count). The molecule has 1 fully saturated rings. The number of rotatable bonds is 6. The van der Waals surface area contributed by atoms with Gasteiger partial charge in [-0.25, -0.2) is 0 Å². The van der Waals surface area contributed by atoms with Crippen LogP contribution in [0.15, 0.2) is 42.5 Å². The van der Waals surface area contributed by atoms with Gasteiger partial charge in [0.2, 0.25) is 5.91 Å². The van der Waals surface area contributed by atoms with Gasteiger partial charge in [0, 0.05) is 24.7 Å². The summed E-state index contributed by atoms with van der Waals surface area (Å²) in [4.78, 5) is 27.0. The molecule has 1 aliphatic heterocycles. The molecule has 1 heterocycles. The van der Waals surface area contributed by atoms with Crippen LogP contribution in [0.5, 0.6) is 5.75 Å². The lowest BCUT2D eigenvalue weighted by Gasteiger charge is -2.31.